The zero-order valence-electron chi connectivity index (χ0n) is 10.8. The molecule has 19 heavy (non-hydrogen) atoms. The summed E-state index contributed by atoms with van der Waals surface area (Å²) in [5.74, 6) is 3.01. The van der Waals surface area contributed by atoms with Crippen molar-refractivity contribution in [1.82, 2.24) is 0 Å². The van der Waals surface area contributed by atoms with E-state index in [9.17, 15) is 5.11 Å². The maximum Gasteiger partial charge on any atom is 0.125 e. The quantitative estimate of drug-likeness (QED) is 0.937. The summed E-state index contributed by atoms with van der Waals surface area (Å²) in [5, 5.41) is 10.6. The molecule has 1 aliphatic rings. The topological polar surface area (TPSA) is 29.5 Å². The number of hydrogen-bond donors (Lipinski definition) is 1. The Kier molecular flexibility index (Phi) is 3.82. The number of rotatable bonds is 3. The molecule has 0 radical (unpaired) electrons. The third kappa shape index (κ3) is 2.53. The van der Waals surface area contributed by atoms with Crippen molar-refractivity contribution >= 4 is 23.1 Å². The minimum Gasteiger partial charge on any atom is -0.496 e. The van der Waals surface area contributed by atoms with E-state index in [1.54, 1.807) is 18.4 Å². The van der Waals surface area contributed by atoms with Crippen LogP contribution in [0.5, 0.6) is 5.75 Å². The van der Waals surface area contributed by atoms with Crippen LogP contribution in [0.2, 0.25) is 0 Å². The first-order valence-corrected chi connectivity index (χ1v) is 8.27. The molecule has 2 aromatic rings. The Bertz CT molecular complexity index is 554. The second kappa shape index (κ2) is 5.57. The Morgan fingerprint density at radius 1 is 1.32 bits per heavy atom. The van der Waals surface area contributed by atoms with Crippen LogP contribution in [0, 0.1) is 0 Å². The number of ether oxygens (including phenoxy) is 1. The first-order chi connectivity index (χ1) is 9.29. The van der Waals surface area contributed by atoms with Gasteiger partial charge in [-0.3, -0.25) is 0 Å². The van der Waals surface area contributed by atoms with Crippen molar-refractivity contribution in [2.75, 3.05) is 12.9 Å². The Hall–Kier alpha value is -0.970. The lowest BCUT2D eigenvalue weighted by Gasteiger charge is -2.13. The molecule has 0 saturated carbocycles. The normalized spacial score (nSPS) is 15.9. The monoisotopic (exact) mass is 292 g/mol. The van der Waals surface area contributed by atoms with Crippen LogP contribution in [0.4, 0.5) is 0 Å². The molecular formula is C15H16O2S2. The number of hydrogen-bond acceptors (Lipinski definition) is 4. The fourth-order valence-electron chi connectivity index (χ4n) is 2.35. The molecule has 1 aromatic heterocycles. The van der Waals surface area contributed by atoms with Gasteiger partial charge in [-0.2, -0.15) is 11.8 Å². The smallest absolute Gasteiger partial charge is 0.125 e. The molecular weight excluding hydrogens is 276 g/mol. The van der Waals surface area contributed by atoms with Crippen LogP contribution >= 0.6 is 23.1 Å². The van der Waals surface area contributed by atoms with Crippen molar-refractivity contribution in [3.05, 3.63) is 51.2 Å². The van der Waals surface area contributed by atoms with E-state index >= 15 is 0 Å². The first-order valence-electron chi connectivity index (χ1n) is 6.30. The van der Waals surface area contributed by atoms with Gasteiger partial charge in [-0.15, -0.1) is 11.3 Å². The van der Waals surface area contributed by atoms with Crippen molar-refractivity contribution < 1.29 is 9.84 Å². The van der Waals surface area contributed by atoms with Gasteiger partial charge < -0.3 is 9.84 Å². The van der Waals surface area contributed by atoms with E-state index in [4.69, 9.17) is 4.74 Å². The van der Waals surface area contributed by atoms with E-state index in [1.807, 2.05) is 36.0 Å². The molecule has 4 heteroatoms. The molecule has 0 bridgehead atoms. The summed E-state index contributed by atoms with van der Waals surface area (Å²) in [4.78, 5) is 2.46. The lowest BCUT2D eigenvalue weighted by molar-refractivity contribution is 0.218. The van der Waals surface area contributed by atoms with Crippen molar-refractivity contribution in [2.45, 2.75) is 18.3 Å². The number of thiophene rings is 1. The molecule has 1 unspecified atom stereocenters. The van der Waals surface area contributed by atoms with Gasteiger partial charge in [-0.05, 0) is 29.9 Å². The van der Waals surface area contributed by atoms with Crippen LogP contribution in [-0.2, 0) is 12.2 Å². The fourth-order valence-corrected chi connectivity index (χ4v) is 4.73. The Morgan fingerprint density at radius 3 is 2.95 bits per heavy atom. The highest BCUT2D eigenvalue weighted by molar-refractivity contribution is 7.98. The van der Waals surface area contributed by atoms with Crippen LogP contribution < -0.4 is 4.74 Å². The number of para-hydroxylation sites is 1. The van der Waals surface area contributed by atoms with Gasteiger partial charge in [0.1, 0.15) is 11.9 Å². The van der Waals surface area contributed by atoms with Gasteiger partial charge >= 0.3 is 0 Å². The van der Waals surface area contributed by atoms with Crippen molar-refractivity contribution in [1.29, 1.82) is 0 Å². The summed E-state index contributed by atoms with van der Waals surface area (Å²) in [5.41, 5.74) is 2.24. The molecule has 1 N–H and O–H groups in total. The predicted molar refractivity (Wildman–Crippen MR) is 81.2 cm³/mol. The Balaban J connectivity index is 1.95. The van der Waals surface area contributed by atoms with Crippen molar-refractivity contribution in [2.24, 2.45) is 0 Å². The number of aliphatic hydroxyl groups excluding tert-OH is 1. The maximum absolute atomic E-state index is 10.6. The summed E-state index contributed by atoms with van der Waals surface area (Å²) in [6, 6.07) is 9.83. The van der Waals surface area contributed by atoms with Gasteiger partial charge in [-0.1, -0.05) is 18.2 Å². The van der Waals surface area contributed by atoms with Crippen LogP contribution in [0.15, 0.2) is 30.3 Å². The molecule has 100 valence electrons. The SMILES string of the molecule is COc1ccccc1C(O)c1cc2c(s1)CCSC2. The Morgan fingerprint density at radius 2 is 2.16 bits per heavy atom. The van der Waals surface area contributed by atoms with Gasteiger partial charge in [0.15, 0.2) is 0 Å². The van der Waals surface area contributed by atoms with E-state index < -0.39 is 6.10 Å². The number of benzene rings is 1. The number of thioether (sulfide) groups is 1. The van der Waals surface area contributed by atoms with E-state index in [2.05, 4.69) is 6.07 Å². The first kappa shape index (κ1) is 13.0. The number of aliphatic hydroxyl groups is 1. The second-order valence-electron chi connectivity index (χ2n) is 4.54. The highest BCUT2D eigenvalue weighted by Crippen LogP contribution is 2.38. The van der Waals surface area contributed by atoms with Gasteiger partial charge in [0, 0.05) is 21.1 Å². The summed E-state index contributed by atoms with van der Waals surface area (Å²) in [6.45, 7) is 0. The minimum absolute atomic E-state index is 0.586. The third-order valence-electron chi connectivity index (χ3n) is 3.35. The number of methoxy groups -OCH3 is 1. The van der Waals surface area contributed by atoms with E-state index in [0.717, 1.165) is 28.4 Å². The fraction of sp³-hybridized carbons (Fsp3) is 0.333. The van der Waals surface area contributed by atoms with Crippen molar-refractivity contribution in [3.63, 3.8) is 0 Å². The molecule has 2 nitrogen and oxygen atoms in total. The number of fused-ring (bicyclic) bond motifs is 1. The van der Waals surface area contributed by atoms with E-state index in [-0.39, 0.29) is 0 Å². The molecule has 1 aromatic carbocycles. The molecule has 3 rings (SSSR count). The minimum atomic E-state index is -0.586. The number of aryl methyl sites for hydroxylation is 1. The van der Waals surface area contributed by atoms with E-state index in [0.29, 0.717) is 0 Å². The van der Waals surface area contributed by atoms with Gasteiger partial charge in [0.05, 0.1) is 7.11 Å². The molecule has 0 fully saturated rings. The molecule has 0 spiro atoms. The van der Waals surface area contributed by atoms with Crippen LogP contribution in [0.25, 0.3) is 0 Å². The molecule has 0 aliphatic carbocycles. The molecule has 0 amide bonds. The van der Waals surface area contributed by atoms with Crippen molar-refractivity contribution in [3.8, 4) is 5.75 Å². The summed E-state index contributed by atoms with van der Waals surface area (Å²) in [7, 11) is 1.64. The highest BCUT2D eigenvalue weighted by atomic mass is 32.2. The van der Waals surface area contributed by atoms with Crippen LogP contribution in [-0.4, -0.2) is 18.0 Å². The summed E-state index contributed by atoms with van der Waals surface area (Å²) >= 11 is 3.71. The predicted octanol–water partition coefficient (Wildman–Crippen LogP) is 3.63. The molecule has 1 atom stereocenters. The van der Waals surface area contributed by atoms with E-state index in [1.165, 1.54) is 16.2 Å². The lowest BCUT2D eigenvalue weighted by atomic mass is 10.1. The molecule has 1 aliphatic heterocycles. The van der Waals surface area contributed by atoms with Crippen LogP contribution in [0.3, 0.4) is 0 Å². The lowest BCUT2D eigenvalue weighted by Crippen LogP contribution is -2.00. The van der Waals surface area contributed by atoms with Gasteiger partial charge in [0.25, 0.3) is 0 Å². The van der Waals surface area contributed by atoms with Gasteiger partial charge in [0.2, 0.25) is 0 Å². The zero-order valence-corrected chi connectivity index (χ0v) is 12.4. The average Bonchev–Trinajstić information content (AvgIpc) is 2.90. The highest BCUT2D eigenvalue weighted by Gasteiger charge is 2.21. The largest absolute Gasteiger partial charge is 0.496 e. The maximum atomic E-state index is 10.6. The summed E-state index contributed by atoms with van der Waals surface area (Å²) in [6.07, 6.45) is 0.542. The molecule has 2 heterocycles. The van der Waals surface area contributed by atoms with Gasteiger partial charge in [-0.25, -0.2) is 0 Å². The second-order valence-corrected chi connectivity index (χ2v) is 6.82. The average molecular weight is 292 g/mol. The van der Waals surface area contributed by atoms with Crippen LogP contribution in [0.1, 0.15) is 27.0 Å². The third-order valence-corrected chi connectivity index (χ3v) is 5.65. The Labute approximate surface area is 121 Å². The molecule has 0 saturated heterocycles. The standard InChI is InChI=1S/C15H16O2S2/c1-17-12-5-3-2-4-11(12)15(16)14-8-10-9-18-7-6-13(10)19-14/h2-5,8,15-16H,6-7,9H2,1H3. The summed E-state index contributed by atoms with van der Waals surface area (Å²) < 4.78 is 5.33. The zero-order chi connectivity index (χ0) is 13.2.